The molecule has 12 heavy (non-hydrogen) atoms. The van der Waals surface area contributed by atoms with E-state index >= 15 is 0 Å². The summed E-state index contributed by atoms with van der Waals surface area (Å²) in [4.78, 5) is 0. The van der Waals surface area contributed by atoms with Crippen molar-refractivity contribution in [3.05, 3.63) is 33.8 Å². The van der Waals surface area contributed by atoms with Crippen molar-refractivity contribution >= 4 is 11.6 Å². The van der Waals surface area contributed by atoms with E-state index in [1.54, 1.807) is 0 Å². The fourth-order valence-corrected chi connectivity index (χ4v) is 2.36. The van der Waals surface area contributed by atoms with Crippen LogP contribution in [0.3, 0.4) is 0 Å². The van der Waals surface area contributed by atoms with Crippen LogP contribution in [0.5, 0.6) is 0 Å². The Kier molecular flexibility index (Phi) is 2.10. The summed E-state index contributed by atoms with van der Waals surface area (Å²) in [5.41, 5.74) is 4.19. The summed E-state index contributed by atoms with van der Waals surface area (Å²) >= 11 is 6.25. The molecule has 1 aromatic rings. The molecule has 0 radical (unpaired) electrons. The van der Waals surface area contributed by atoms with E-state index in [9.17, 15) is 0 Å². The average molecular weight is 181 g/mol. The normalized spacial score (nSPS) is 14.8. The summed E-state index contributed by atoms with van der Waals surface area (Å²) in [5.74, 6) is 0. The summed E-state index contributed by atoms with van der Waals surface area (Å²) in [6.07, 6.45) is 4.73. The molecule has 0 saturated heterocycles. The maximum absolute atomic E-state index is 6.25. The lowest BCUT2D eigenvalue weighted by Gasteiger charge is -2.06. The van der Waals surface area contributed by atoms with E-state index in [0.717, 1.165) is 11.4 Å². The van der Waals surface area contributed by atoms with E-state index in [-0.39, 0.29) is 0 Å². The molecule has 1 aliphatic rings. The lowest BCUT2D eigenvalue weighted by Crippen LogP contribution is -1.89. The highest BCUT2D eigenvalue weighted by Gasteiger charge is 2.15. The fraction of sp³-hybridized carbons (Fsp3) is 0.455. The first-order valence-corrected chi connectivity index (χ1v) is 5.00. The van der Waals surface area contributed by atoms with Crippen molar-refractivity contribution in [3.63, 3.8) is 0 Å². The van der Waals surface area contributed by atoms with Crippen LogP contribution >= 0.6 is 11.6 Å². The number of hydrogen-bond donors (Lipinski definition) is 0. The highest BCUT2D eigenvalue weighted by molar-refractivity contribution is 6.32. The minimum atomic E-state index is 1.03. The van der Waals surface area contributed by atoms with E-state index < -0.39 is 0 Å². The molecule has 0 amide bonds. The number of halogens is 1. The van der Waals surface area contributed by atoms with E-state index in [4.69, 9.17) is 11.6 Å². The Balaban J connectivity index is 2.54. The van der Waals surface area contributed by atoms with Crippen LogP contribution in [0.1, 0.15) is 30.0 Å². The van der Waals surface area contributed by atoms with Crippen molar-refractivity contribution in [2.45, 2.75) is 32.6 Å². The summed E-state index contributed by atoms with van der Waals surface area (Å²) in [6, 6.07) is 4.42. The van der Waals surface area contributed by atoms with Gasteiger partial charge in [-0.25, -0.2) is 0 Å². The molecule has 0 atom stereocenters. The van der Waals surface area contributed by atoms with Gasteiger partial charge in [-0.05, 0) is 42.4 Å². The predicted octanol–water partition coefficient (Wildman–Crippen LogP) is 3.39. The highest BCUT2D eigenvalue weighted by atomic mass is 35.5. The second kappa shape index (κ2) is 3.10. The lowest BCUT2D eigenvalue weighted by atomic mass is 10.0. The van der Waals surface area contributed by atoms with Gasteiger partial charge in [0.05, 0.1) is 0 Å². The molecule has 0 unspecified atom stereocenters. The first-order chi connectivity index (χ1) is 5.83. The number of rotatable bonds is 1. The van der Waals surface area contributed by atoms with Crippen molar-refractivity contribution < 1.29 is 0 Å². The third kappa shape index (κ3) is 1.15. The maximum Gasteiger partial charge on any atom is 0.0472 e. The molecule has 1 aromatic carbocycles. The number of fused-ring (bicyclic) bond motifs is 1. The van der Waals surface area contributed by atoms with E-state index in [0.29, 0.717) is 0 Å². The molecule has 0 saturated carbocycles. The largest absolute Gasteiger partial charge is 0.0837 e. The smallest absolute Gasteiger partial charge is 0.0472 e. The molecule has 0 N–H and O–H groups in total. The maximum atomic E-state index is 6.25. The Labute approximate surface area is 78.6 Å². The molecule has 64 valence electrons. The molecule has 0 fully saturated rings. The highest BCUT2D eigenvalue weighted by Crippen LogP contribution is 2.31. The molecule has 0 nitrogen and oxygen atoms in total. The number of benzene rings is 1. The van der Waals surface area contributed by atoms with E-state index in [2.05, 4.69) is 19.1 Å². The Morgan fingerprint density at radius 2 is 2.17 bits per heavy atom. The Morgan fingerprint density at radius 1 is 1.33 bits per heavy atom. The monoisotopic (exact) mass is 180 g/mol. The van der Waals surface area contributed by atoms with Gasteiger partial charge in [0, 0.05) is 5.02 Å². The van der Waals surface area contributed by atoms with Gasteiger partial charge >= 0.3 is 0 Å². The van der Waals surface area contributed by atoms with E-state index in [1.165, 1.54) is 36.0 Å². The van der Waals surface area contributed by atoms with Crippen LogP contribution in [0, 0.1) is 0 Å². The Morgan fingerprint density at radius 3 is 2.92 bits per heavy atom. The van der Waals surface area contributed by atoms with Crippen LogP contribution in [0.2, 0.25) is 5.02 Å². The molecule has 0 aliphatic heterocycles. The van der Waals surface area contributed by atoms with E-state index in [1.807, 2.05) is 0 Å². The molecule has 1 aliphatic carbocycles. The first-order valence-electron chi connectivity index (χ1n) is 4.62. The third-order valence-electron chi connectivity index (χ3n) is 2.67. The standard InChI is InChI=1S/C11H13Cl/c1-2-8-6-7-9-4-3-5-10(9)11(8)12/h6-7H,2-5H2,1H3. The minimum Gasteiger partial charge on any atom is -0.0837 e. The predicted molar refractivity (Wildman–Crippen MR) is 52.9 cm³/mol. The molecular formula is C11H13Cl. The average Bonchev–Trinajstić information content (AvgIpc) is 2.53. The fourth-order valence-electron chi connectivity index (χ4n) is 1.94. The summed E-state index contributed by atoms with van der Waals surface area (Å²) in [7, 11) is 0. The topological polar surface area (TPSA) is 0 Å². The zero-order valence-electron chi connectivity index (χ0n) is 7.36. The molecule has 2 rings (SSSR count). The minimum absolute atomic E-state index is 1.03. The van der Waals surface area contributed by atoms with Gasteiger partial charge in [0.2, 0.25) is 0 Å². The molecule has 0 heterocycles. The van der Waals surface area contributed by atoms with Gasteiger partial charge in [-0.1, -0.05) is 30.7 Å². The van der Waals surface area contributed by atoms with Crippen LogP contribution in [-0.4, -0.2) is 0 Å². The molecule has 0 spiro atoms. The molecule has 0 aromatic heterocycles. The van der Waals surface area contributed by atoms with Gasteiger partial charge in [-0.3, -0.25) is 0 Å². The van der Waals surface area contributed by atoms with Crippen molar-refractivity contribution in [2.24, 2.45) is 0 Å². The lowest BCUT2D eigenvalue weighted by molar-refractivity contribution is 0.911. The summed E-state index contributed by atoms with van der Waals surface area (Å²) < 4.78 is 0. The SMILES string of the molecule is CCc1ccc2c(c1Cl)CCC2. The second-order valence-corrected chi connectivity index (χ2v) is 3.76. The Bertz CT molecular complexity index is 302. The quantitative estimate of drug-likeness (QED) is 0.622. The second-order valence-electron chi connectivity index (χ2n) is 3.38. The summed E-state index contributed by atoms with van der Waals surface area (Å²) in [6.45, 7) is 2.16. The Hall–Kier alpha value is -0.490. The van der Waals surface area contributed by atoms with Gasteiger partial charge in [0.25, 0.3) is 0 Å². The van der Waals surface area contributed by atoms with Gasteiger partial charge in [-0.15, -0.1) is 0 Å². The molecule has 0 bridgehead atoms. The van der Waals surface area contributed by atoms with Crippen LogP contribution in [-0.2, 0) is 19.3 Å². The van der Waals surface area contributed by atoms with Crippen LogP contribution in [0.25, 0.3) is 0 Å². The van der Waals surface area contributed by atoms with Gasteiger partial charge in [-0.2, -0.15) is 0 Å². The first kappa shape index (κ1) is 8.12. The van der Waals surface area contributed by atoms with Crippen LogP contribution < -0.4 is 0 Å². The summed E-state index contributed by atoms with van der Waals surface area (Å²) in [5, 5.41) is 1.03. The van der Waals surface area contributed by atoms with Gasteiger partial charge in [0.15, 0.2) is 0 Å². The van der Waals surface area contributed by atoms with Gasteiger partial charge < -0.3 is 0 Å². The zero-order chi connectivity index (χ0) is 8.55. The number of aryl methyl sites for hydroxylation is 2. The third-order valence-corrected chi connectivity index (χ3v) is 3.14. The van der Waals surface area contributed by atoms with Crippen molar-refractivity contribution in [2.75, 3.05) is 0 Å². The van der Waals surface area contributed by atoms with Gasteiger partial charge in [0.1, 0.15) is 0 Å². The van der Waals surface area contributed by atoms with Crippen LogP contribution in [0.4, 0.5) is 0 Å². The van der Waals surface area contributed by atoms with Crippen LogP contribution in [0.15, 0.2) is 12.1 Å². The number of hydrogen-bond acceptors (Lipinski definition) is 0. The van der Waals surface area contributed by atoms with Crippen molar-refractivity contribution in [3.8, 4) is 0 Å². The molecule has 1 heteroatoms. The zero-order valence-corrected chi connectivity index (χ0v) is 8.12. The van der Waals surface area contributed by atoms with Crippen molar-refractivity contribution in [1.29, 1.82) is 0 Å². The van der Waals surface area contributed by atoms with Crippen molar-refractivity contribution in [1.82, 2.24) is 0 Å². The molecular weight excluding hydrogens is 168 g/mol.